The predicted molar refractivity (Wildman–Crippen MR) is 91.7 cm³/mol. The number of halogens is 1. The summed E-state index contributed by atoms with van der Waals surface area (Å²) < 4.78 is 10.2. The van der Waals surface area contributed by atoms with E-state index in [-0.39, 0.29) is 23.0 Å². The normalized spacial score (nSPS) is 16.0. The monoisotopic (exact) mass is 415 g/mol. The van der Waals surface area contributed by atoms with Crippen LogP contribution in [0, 0.1) is 0 Å². The molecule has 0 unspecified atom stereocenters. The van der Waals surface area contributed by atoms with Crippen LogP contribution in [0.5, 0.6) is 11.5 Å². The number of phenolic OH excluding ortho intramolecular Hbond substituents is 1. The lowest BCUT2D eigenvalue weighted by Crippen LogP contribution is -2.34. The zero-order valence-corrected chi connectivity index (χ0v) is 15.3. The van der Waals surface area contributed by atoms with Crippen molar-refractivity contribution in [2.24, 2.45) is 0 Å². The predicted octanol–water partition coefficient (Wildman–Crippen LogP) is 2.76. The Labute approximate surface area is 150 Å². The second-order valence-electron chi connectivity index (χ2n) is 4.63. The number of hydrogen-bond donors (Lipinski definition) is 1. The Bertz CT molecular complexity index is 733. The van der Waals surface area contributed by atoms with E-state index in [1.54, 1.807) is 13.0 Å². The zero-order chi connectivity index (χ0) is 17.9. The molecule has 7 nitrogen and oxygen atoms in total. The van der Waals surface area contributed by atoms with Crippen LogP contribution in [0.4, 0.5) is 4.79 Å². The molecule has 1 N–H and O–H groups in total. The summed E-state index contributed by atoms with van der Waals surface area (Å²) in [6.07, 6.45) is 1.49. The maximum atomic E-state index is 12.3. The van der Waals surface area contributed by atoms with Gasteiger partial charge >= 0.3 is 5.97 Å². The molecule has 0 aromatic heterocycles. The molecule has 128 valence electrons. The van der Waals surface area contributed by atoms with E-state index in [1.165, 1.54) is 19.3 Å². The standard InChI is InChI=1S/C15H14BrNO6S/c1-3-23-12(18)7-17-14(20)11(24-15(17)21)6-8-4-9(16)13(19)10(5-8)22-2/h4-6,19H,3,7H2,1-2H3. The molecule has 0 saturated carbocycles. The van der Waals surface area contributed by atoms with Crippen molar-refractivity contribution in [1.29, 1.82) is 0 Å². The second-order valence-corrected chi connectivity index (χ2v) is 6.47. The van der Waals surface area contributed by atoms with Crippen molar-refractivity contribution in [3.05, 3.63) is 27.1 Å². The van der Waals surface area contributed by atoms with Gasteiger partial charge in [-0.25, -0.2) is 0 Å². The van der Waals surface area contributed by atoms with E-state index in [9.17, 15) is 19.5 Å². The van der Waals surface area contributed by atoms with Crippen molar-refractivity contribution in [2.75, 3.05) is 20.3 Å². The molecule has 1 aromatic rings. The van der Waals surface area contributed by atoms with Crippen LogP contribution in [0.3, 0.4) is 0 Å². The zero-order valence-electron chi connectivity index (χ0n) is 12.9. The SMILES string of the molecule is CCOC(=O)CN1C(=O)SC(=Cc2cc(Br)c(O)c(OC)c2)C1=O. The first kappa shape index (κ1) is 18.3. The van der Waals surface area contributed by atoms with Crippen LogP contribution in [0.2, 0.25) is 0 Å². The summed E-state index contributed by atoms with van der Waals surface area (Å²) in [4.78, 5) is 36.7. The number of aromatic hydroxyl groups is 1. The number of esters is 1. The van der Waals surface area contributed by atoms with Crippen LogP contribution in [-0.2, 0) is 14.3 Å². The van der Waals surface area contributed by atoms with E-state index in [0.717, 1.165) is 16.7 Å². The largest absolute Gasteiger partial charge is 0.503 e. The highest BCUT2D eigenvalue weighted by atomic mass is 79.9. The lowest BCUT2D eigenvalue weighted by molar-refractivity contribution is -0.145. The third kappa shape index (κ3) is 3.90. The van der Waals surface area contributed by atoms with Gasteiger partial charge in [0.05, 0.1) is 23.1 Å². The number of nitrogens with zero attached hydrogens (tertiary/aromatic N) is 1. The number of methoxy groups -OCH3 is 1. The fraction of sp³-hybridized carbons (Fsp3) is 0.267. The number of thioether (sulfide) groups is 1. The van der Waals surface area contributed by atoms with Crippen molar-refractivity contribution in [3.63, 3.8) is 0 Å². The maximum absolute atomic E-state index is 12.3. The van der Waals surface area contributed by atoms with E-state index in [2.05, 4.69) is 15.9 Å². The quantitative estimate of drug-likeness (QED) is 0.583. The molecule has 1 aromatic carbocycles. The van der Waals surface area contributed by atoms with Crippen molar-refractivity contribution in [1.82, 2.24) is 4.90 Å². The Balaban J connectivity index is 2.26. The Kier molecular flexibility index (Phi) is 5.89. The number of phenols is 1. The summed E-state index contributed by atoms with van der Waals surface area (Å²) in [5.41, 5.74) is 0.554. The van der Waals surface area contributed by atoms with Crippen LogP contribution in [0.1, 0.15) is 12.5 Å². The number of amides is 2. The van der Waals surface area contributed by atoms with Gasteiger partial charge < -0.3 is 14.6 Å². The Morgan fingerprint density at radius 3 is 2.75 bits per heavy atom. The van der Waals surface area contributed by atoms with Gasteiger partial charge in [0.2, 0.25) is 0 Å². The molecule has 0 radical (unpaired) electrons. The molecule has 1 aliphatic heterocycles. The van der Waals surface area contributed by atoms with E-state index in [0.29, 0.717) is 10.0 Å². The summed E-state index contributed by atoms with van der Waals surface area (Å²) >= 11 is 3.92. The van der Waals surface area contributed by atoms with Crippen molar-refractivity contribution >= 4 is 50.9 Å². The van der Waals surface area contributed by atoms with Crippen LogP contribution in [-0.4, -0.2) is 47.4 Å². The van der Waals surface area contributed by atoms with Gasteiger partial charge in [0.1, 0.15) is 6.54 Å². The molecule has 24 heavy (non-hydrogen) atoms. The second kappa shape index (κ2) is 7.71. The molecule has 0 spiro atoms. The highest BCUT2D eigenvalue weighted by Gasteiger charge is 2.36. The first-order valence-electron chi connectivity index (χ1n) is 6.84. The van der Waals surface area contributed by atoms with Gasteiger partial charge in [-0.05, 0) is 58.4 Å². The number of hydrogen-bond acceptors (Lipinski definition) is 7. The van der Waals surface area contributed by atoms with Gasteiger partial charge in [0.15, 0.2) is 11.5 Å². The molecule has 0 bridgehead atoms. The van der Waals surface area contributed by atoms with Gasteiger partial charge in [0, 0.05) is 0 Å². The molecule has 2 amide bonds. The van der Waals surface area contributed by atoms with Crippen molar-refractivity contribution in [3.8, 4) is 11.5 Å². The third-order valence-electron chi connectivity index (χ3n) is 3.03. The Morgan fingerprint density at radius 1 is 1.42 bits per heavy atom. The smallest absolute Gasteiger partial charge is 0.326 e. The minimum Gasteiger partial charge on any atom is -0.503 e. The molecule has 1 saturated heterocycles. The van der Waals surface area contributed by atoms with Gasteiger partial charge in [-0.3, -0.25) is 19.3 Å². The van der Waals surface area contributed by atoms with E-state index >= 15 is 0 Å². The van der Waals surface area contributed by atoms with Gasteiger partial charge in [-0.15, -0.1) is 0 Å². The minimum absolute atomic E-state index is 0.0648. The molecule has 1 fully saturated rings. The first-order valence-corrected chi connectivity index (χ1v) is 8.45. The molecule has 0 aliphatic carbocycles. The number of carbonyl (C=O) groups is 3. The molecular formula is C15H14BrNO6S. The fourth-order valence-electron chi connectivity index (χ4n) is 1.96. The number of rotatable bonds is 5. The average Bonchev–Trinajstić information content (AvgIpc) is 2.78. The number of benzene rings is 1. The molecule has 9 heteroatoms. The first-order chi connectivity index (χ1) is 11.4. The maximum Gasteiger partial charge on any atom is 0.326 e. The summed E-state index contributed by atoms with van der Waals surface area (Å²) in [5.74, 6) is -1.05. The van der Waals surface area contributed by atoms with E-state index in [4.69, 9.17) is 9.47 Å². The molecule has 0 atom stereocenters. The van der Waals surface area contributed by atoms with Crippen LogP contribution in [0.15, 0.2) is 21.5 Å². The van der Waals surface area contributed by atoms with Gasteiger partial charge in [-0.2, -0.15) is 0 Å². The topological polar surface area (TPSA) is 93.1 Å². The molecule has 1 aliphatic rings. The third-order valence-corrected chi connectivity index (χ3v) is 4.55. The lowest BCUT2D eigenvalue weighted by Gasteiger charge is -2.10. The number of ether oxygens (including phenoxy) is 2. The lowest BCUT2D eigenvalue weighted by atomic mass is 10.2. The van der Waals surface area contributed by atoms with Crippen LogP contribution in [0.25, 0.3) is 6.08 Å². The van der Waals surface area contributed by atoms with Crippen LogP contribution < -0.4 is 4.74 Å². The summed E-state index contributed by atoms with van der Waals surface area (Å²) in [7, 11) is 1.40. The molecule has 2 rings (SSSR count). The van der Waals surface area contributed by atoms with E-state index in [1.807, 2.05) is 0 Å². The van der Waals surface area contributed by atoms with Gasteiger partial charge in [-0.1, -0.05) is 0 Å². The van der Waals surface area contributed by atoms with Gasteiger partial charge in [0.25, 0.3) is 11.1 Å². The van der Waals surface area contributed by atoms with Crippen LogP contribution >= 0.6 is 27.7 Å². The average molecular weight is 416 g/mol. The minimum atomic E-state index is -0.643. The summed E-state index contributed by atoms with van der Waals surface area (Å²) in [6, 6.07) is 3.11. The summed E-state index contributed by atoms with van der Waals surface area (Å²) in [5, 5.41) is 9.25. The Hall–Kier alpha value is -2.00. The molecule has 1 heterocycles. The number of imide groups is 1. The highest BCUT2D eigenvalue weighted by Crippen LogP contribution is 2.38. The summed E-state index contributed by atoms with van der Waals surface area (Å²) in [6.45, 7) is 1.40. The van der Waals surface area contributed by atoms with E-state index < -0.39 is 23.7 Å². The van der Waals surface area contributed by atoms with Crippen molar-refractivity contribution in [2.45, 2.75) is 6.92 Å². The number of carbonyl (C=O) groups excluding carboxylic acids is 3. The molecular weight excluding hydrogens is 402 g/mol. The highest BCUT2D eigenvalue weighted by molar-refractivity contribution is 9.10. The fourth-order valence-corrected chi connectivity index (χ4v) is 3.25. The Morgan fingerprint density at radius 2 is 2.12 bits per heavy atom. The van der Waals surface area contributed by atoms with Crippen molar-refractivity contribution < 1.29 is 29.0 Å².